The first kappa shape index (κ1) is 11.9. The number of H-pyrrole nitrogens is 1. The zero-order chi connectivity index (χ0) is 13.1. The molecule has 0 fully saturated rings. The van der Waals surface area contributed by atoms with Gasteiger partial charge in [-0.3, -0.25) is 5.10 Å². The topological polar surface area (TPSA) is 28.7 Å². The summed E-state index contributed by atoms with van der Waals surface area (Å²) in [7, 11) is 0. The van der Waals surface area contributed by atoms with E-state index in [9.17, 15) is 0 Å². The summed E-state index contributed by atoms with van der Waals surface area (Å²) >= 11 is 1.70. The molecule has 19 heavy (non-hydrogen) atoms. The predicted molar refractivity (Wildman–Crippen MR) is 81.1 cm³/mol. The van der Waals surface area contributed by atoms with E-state index in [2.05, 4.69) is 46.4 Å². The fourth-order valence-electron chi connectivity index (χ4n) is 1.99. The van der Waals surface area contributed by atoms with E-state index in [1.54, 1.807) is 11.3 Å². The smallest absolute Gasteiger partial charge is 0.0884 e. The number of nitrogens with one attached hydrogen (secondary N) is 1. The second-order valence-corrected chi connectivity index (χ2v) is 5.36. The highest BCUT2D eigenvalue weighted by Gasteiger charge is 2.07. The van der Waals surface area contributed by atoms with Crippen LogP contribution in [0.25, 0.3) is 16.1 Å². The first-order chi connectivity index (χ1) is 9.33. The molecule has 3 aromatic rings. The molecular formula is C16H14N2S. The number of hydrogen-bond acceptors (Lipinski definition) is 2. The highest BCUT2D eigenvalue weighted by Crippen LogP contribution is 2.25. The molecule has 0 saturated heterocycles. The van der Waals surface area contributed by atoms with Gasteiger partial charge in [0.2, 0.25) is 0 Å². The number of benzene rings is 1. The Bertz CT molecular complexity index is 666. The summed E-state index contributed by atoms with van der Waals surface area (Å²) in [6.07, 6.45) is 0.829. The van der Waals surface area contributed by atoms with Crippen LogP contribution in [0.1, 0.15) is 11.3 Å². The van der Waals surface area contributed by atoms with Crippen molar-refractivity contribution in [2.24, 2.45) is 0 Å². The van der Waals surface area contributed by atoms with E-state index in [-0.39, 0.29) is 0 Å². The summed E-state index contributed by atoms with van der Waals surface area (Å²) in [6, 6.07) is 16.5. The summed E-state index contributed by atoms with van der Waals surface area (Å²) in [5.74, 6) is 0. The third kappa shape index (κ3) is 2.66. The summed E-state index contributed by atoms with van der Waals surface area (Å²) in [5.41, 5.74) is 4.28. The zero-order valence-corrected chi connectivity index (χ0v) is 11.3. The Morgan fingerprint density at radius 3 is 2.74 bits per heavy atom. The second kappa shape index (κ2) is 5.24. The van der Waals surface area contributed by atoms with Crippen molar-refractivity contribution in [1.82, 2.24) is 10.2 Å². The maximum Gasteiger partial charge on any atom is 0.0884 e. The monoisotopic (exact) mass is 266 g/mol. The molecule has 1 N–H and O–H groups in total. The molecule has 0 saturated carbocycles. The number of hydrogen-bond donors (Lipinski definition) is 1. The number of nitrogens with zero attached hydrogens (tertiary/aromatic N) is 1. The third-order valence-electron chi connectivity index (χ3n) is 2.99. The van der Waals surface area contributed by atoms with Gasteiger partial charge < -0.3 is 0 Å². The predicted octanol–water partition coefficient (Wildman–Crippen LogP) is 4.39. The van der Waals surface area contributed by atoms with E-state index in [1.165, 1.54) is 10.4 Å². The van der Waals surface area contributed by atoms with Crippen LogP contribution in [0, 0.1) is 0 Å². The summed E-state index contributed by atoms with van der Waals surface area (Å²) < 4.78 is 0. The lowest BCUT2D eigenvalue weighted by molar-refractivity contribution is 1.07. The minimum atomic E-state index is 0.829. The van der Waals surface area contributed by atoms with Crippen LogP contribution in [0.5, 0.6) is 0 Å². The Morgan fingerprint density at radius 1 is 1.16 bits per heavy atom. The van der Waals surface area contributed by atoms with Crippen LogP contribution in [0.4, 0.5) is 0 Å². The van der Waals surface area contributed by atoms with E-state index >= 15 is 0 Å². The molecule has 1 aromatic carbocycles. The molecule has 0 aliphatic rings. The Balaban J connectivity index is 1.78. The van der Waals surface area contributed by atoms with Gasteiger partial charge in [-0.1, -0.05) is 43.0 Å². The number of aromatic amines is 1. The highest BCUT2D eigenvalue weighted by atomic mass is 32.1. The van der Waals surface area contributed by atoms with Crippen LogP contribution in [0.2, 0.25) is 0 Å². The molecule has 3 rings (SSSR count). The first-order valence-corrected chi connectivity index (χ1v) is 7.02. The molecule has 0 aliphatic heterocycles. The lowest BCUT2D eigenvalue weighted by atomic mass is 10.0. The molecule has 0 amide bonds. The molecule has 0 aliphatic carbocycles. The van der Waals surface area contributed by atoms with Crippen molar-refractivity contribution in [2.45, 2.75) is 6.42 Å². The van der Waals surface area contributed by atoms with Gasteiger partial charge in [-0.15, -0.1) is 11.3 Å². The molecular weight excluding hydrogens is 252 g/mol. The van der Waals surface area contributed by atoms with Gasteiger partial charge in [0.05, 0.1) is 16.3 Å². The third-order valence-corrected chi connectivity index (χ3v) is 3.89. The Labute approximate surface area is 116 Å². The molecule has 0 atom stereocenters. The molecule has 0 radical (unpaired) electrons. The molecule has 2 nitrogen and oxygen atoms in total. The molecule has 2 heterocycles. The zero-order valence-electron chi connectivity index (χ0n) is 10.5. The molecule has 0 bridgehead atoms. The van der Waals surface area contributed by atoms with Crippen LogP contribution in [-0.2, 0) is 6.42 Å². The number of allylic oxidation sites excluding steroid dienone is 1. The van der Waals surface area contributed by atoms with E-state index in [4.69, 9.17) is 0 Å². The Hall–Kier alpha value is -2.13. The minimum absolute atomic E-state index is 0.829. The standard InChI is InChI=1S/C16H14N2S/c1-12(10-13-6-3-2-4-7-13)14-11-15(18-17-14)16-8-5-9-19-16/h2-9,11H,1,10H2,(H,17,18). The molecule has 94 valence electrons. The molecule has 0 unspecified atom stereocenters. The van der Waals surface area contributed by atoms with E-state index in [1.807, 2.05) is 24.3 Å². The Kier molecular flexibility index (Phi) is 3.29. The fourth-order valence-corrected chi connectivity index (χ4v) is 2.69. The van der Waals surface area contributed by atoms with Gasteiger partial charge in [0, 0.05) is 0 Å². The number of aromatic nitrogens is 2. The second-order valence-electron chi connectivity index (χ2n) is 4.41. The van der Waals surface area contributed by atoms with E-state index in [0.717, 1.165) is 23.4 Å². The van der Waals surface area contributed by atoms with Crippen molar-refractivity contribution < 1.29 is 0 Å². The maximum atomic E-state index is 4.35. The highest BCUT2D eigenvalue weighted by molar-refractivity contribution is 7.13. The van der Waals surface area contributed by atoms with Crippen LogP contribution in [-0.4, -0.2) is 10.2 Å². The lowest BCUT2D eigenvalue weighted by Crippen LogP contribution is -1.89. The first-order valence-electron chi connectivity index (χ1n) is 6.14. The van der Waals surface area contributed by atoms with Gasteiger partial charge in [0.1, 0.15) is 0 Å². The van der Waals surface area contributed by atoms with Crippen molar-refractivity contribution in [3.63, 3.8) is 0 Å². The minimum Gasteiger partial charge on any atom is -0.276 e. The van der Waals surface area contributed by atoms with Crippen LogP contribution < -0.4 is 0 Å². The van der Waals surface area contributed by atoms with Gasteiger partial charge in [-0.05, 0) is 35.1 Å². The molecule has 3 heteroatoms. The van der Waals surface area contributed by atoms with Crippen molar-refractivity contribution >= 4 is 16.9 Å². The Morgan fingerprint density at radius 2 is 2.00 bits per heavy atom. The SMILES string of the molecule is C=C(Cc1ccccc1)c1cc(-c2cccs2)[nH]n1. The molecule has 0 spiro atoms. The van der Waals surface area contributed by atoms with Gasteiger partial charge >= 0.3 is 0 Å². The average molecular weight is 266 g/mol. The summed E-state index contributed by atoms with van der Waals surface area (Å²) in [4.78, 5) is 1.20. The lowest BCUT2D eigenvalue weighted by Gasteiger charge is -2.01. The normalized spacial score (nSPS) is 10.5. The van der Waals surface area contributed by atoms with Gasteiger partial charge in [0.25, 0.3) is 0 Å². The van der Waals surface area contributed by atoms with Gasteiger partial charge in [-0.25, -0.2) is 0 Å². The quantitative estimate of drug-likeness (QED) is 0.745. The largest absolute Gasteiger partial charge is 0.276 e. The van der Waals surface area contributed by atoms with E-state index < -0.39 is 0 Å². The van der Waals surface area contributed by atoms with Crippen molar-refractivity contribution in [3.05, 3.63) is 71.7 Å². The van der Waals surface area contributed by atoms with Crippen LogP contribution in [0.15, 0.2) is 60.5 Å². The summed E-state index contributed by atoms with van der Waals surface area (Å²) in [5, 5.41) is 9.49. The van der Waals surface area contributed by atoms with Crippen molar-refractivity contribution in [3.8, 4) is 10.6 Å². The van der Waals surface area contributed by atoms with Crippen molar-refractivity contribution in [1.29, 1.82) is 0 Å². The van der Waals surface area contributed by atoms with Crippen LogP contribution >= 0.6 is 11.3 Å². The van der Waals surface area contributed by atoms with Crippen molar-refractivity contribution in [2.75, 3.05) is 0 Å². The van der Waals surface area contributed by atoms with Gasteiger partial charge in [0.15, 0.2) is 0 Å². The maximum absolute atomic E-state index is 4.35. The number of thiophene rings is 1. The van der Waals surface area contributed by atoms with E-state index in [0.29, 0.717) is 0 Å². The van der Waals surface area contributed by atoms with Crippen LogP contribution in [0.3, 0.4) is 0 Å². The molecule has 2 aromatic heterocycles. The number of rotatable bonds is 4. The summed E-state index contributed by atoms with van der Waals surface area (Å²) in [6.45, 7) is 4.14. The van der Waals surface area contributed by atoms with Gasteiger partial charge in [-0.2, -0.15) is 5.10 Å². The fraction of sp³-hybridized carbons (Fsp3) is 0.0625. The average Bonchev–Trinajstić information content (AvgIpc) is 3.11.